The summed E-state index contributed by atoms with van der Waals surface area (Å²) in [5, 5.41) is 15.0. The molecule has 330 valence electrons. The van der Waals surface area contributed by atoms with E-state index in [0.717, 1.165) is 5.56 Å². The molecule has 0 saturated carbocycles. The van der Waals surface area contributed by atoms with Gasteiger partial charge in [0.05, 0.1) is 39.0 Å². The molecule has 2 fully saturated rings. The summed E-state index contributed by atoms with van der Waals surface area (Å²) < 4.78 is 33.6. The van der Waals surface area contributed by atoms with Crippen molar-refractivity contribution < 1.29 is 37.8 Å². The number of rotatable bonds is 12. The molecule has 0 radical (unpaired) electrons. The highest BCUT2D eigenvalue weighted by Crippen LogP contribution is 2.31. The van der Waals surface area contributed by atoms with Crippen LogP contribution in [0, 0.1) is 29.5 Å². The van der Waals surface area contributed by atoms with Crippen LogP contribution in [-0.4, -0.2) is 115 Å². The van der Waals surface area contributed by atoms with Crippen molar-refractivity contribution >= 4 is 35.3 Å². The van der Waals surface area contributed by atoms with Crippen LogP contribution < -0.4 is 36.3 Å². The maximum atomic E-state index is 14.7. The lowest BCUT2D eigenvalue weighted by Crippen LogP contribution is -2.27. The minimum absolute atomic E-state index is 0.100. The van der Waals surface area contributed by atoms with E-state index in [4.69, 9.17) is 25.7 Å². The van der Waals surface area contributed by atoms with Gasteiger partial charge in [0.15, 0.2) is 23.0 Å². The summed E-state index contributed by atoms with van der Waals surface area (Å²) in [5.41, 5.74) is 13.6. The average molecular weight is 863 g/mol. The van der Waals surface area contributed by atoms with E-state index >= 15 is 0 Å². The molecule has 63 heavy (non-hydrogen) atoms. The molecular weight excluding hydrogens is 812 g/mol. The van der Waals surface area contributed by atoms with Gasteiger partial charge in [-0.25, -0.2) is 13.8 Å². The zero-order chi connectivity index (χ0) is 46.0. The van der Waals surface area contributed by atoms with Crippen molar-refractivity contribution in [1.82, 2.24) is 29.4 Å². The highest BCUT2D eigenvalue weighted by atomic mass is 19.1. The van der Waals surface area contributed by atoms with Gasteiger partial charge in [0.2, 0.25) is 11.8 Å². The van der Waals surface area contributed by atoms with Crippen LogP contribution in [0.1, 0.15) is 80.6 Å². The Balaban J connectivity index is 0.000000238. The van der Waals surface area contributed by atoms with Gasteiger partial charge in [-0.05, 0) is 73.1 Å². The van der Waals surface area contributed by atoms with Crippen molar-refractivity contribution in [2.75, 3.05) is 72.2 Å². The number of primary amides is 2. The van der Waals surface area contributed by atoms with E-state index in [9.17, 15) is 23.6 Å². The van der Waals surface area contributed by atoms with Crippen molar-refractivity contribution in [2.45, 2.75) is 38.3 Å². The normalized spacial score (nSPS) is 15.1. The van der Waals surface area contributed by atoms with Gasteiger partial charge in [-0.3, -0.25) is 19.2 Å². The van der Waals surface area contributed by atoms with Crippen LogP contribution in [-0.2, 0) is 16.0 Å². The van der Waals surface area contributed by atoms with Crippen LogP contribution in [0.15, 0.2) is 55.6 Å². The fraction of sp³-hybridized carbons (Fsp3) is 0.333. The summed E-state index contributed by atoms with van der Waals surface area (Å²) in [4.78, 5) is 51.6. The number of hydrogen-bond donors (Lipinski definition) is 4. The minimum atomic E-state index is -0.706. The SMILES string of the molecule is C=CC(=O)N1CC[C@H](n2nc(C#Cc3cc(CC)cc(OC)c3F)c(C(N)=O)c2NC)C1.C=CC(=O)N1CC[C@H](n2nc(C#Cc3cc(OC)cc(OC)c3)c(C(N)=O)c2NC)C1. The molecule has 2 atom stereocenters. The Hall–Kier alpha value is -7.73. The van der Waals surface area contributed by atoms with Crippen molar-refractivity contribution in [2.24, 2.45) is 11.5 Å². The topological polar surface area (TPSA) is 214 Å². The van der Waals surface area contributed by atoms with E-state index in [0.29, 0.717) is 74.1 Å². The fourth-order valence-electron chi connectivity index (χ4n) is 7.30. The summed E-state index contributed by atoms with van der Waals surface area (Å²) in [6, 6.07) is 8.23. The number of aromatic nitrogens is 4. The first-order valence-corrected chi connectivity index (χ1v) is 19.9. The molecule has 2 aromatic carbocycles. The molecule has 18 heteroatoms. The Bertz CT molecular complexity index is 2540. The van der Waals surface area contributed by atoms with Gasteiger partial charge in [-0.1, -0.05) is 31.9 Å². The molecule has 6 N–H and O–H groups in total. The monoisotopic (exact) mass is 862 g/mol. The number of amides is 4. The number of carbonyl (C=O) groups excluding carboxylic acids is 4. The van der Waals surface area contributed by atoms with Gasteiger partial charge in [-0.2, -0.15) is 10.2 Å². The van der Waals surface area contributed by atoms with Crippen molar-refractivity contribution in [3.05, 3.63) is 101 Å². The lowest BCUT2D eigenvalue weighted by molar-refractivity contribution is -0.125. The summed E-state index contributed by atoms with van der Waals surface area (Å²) in [6.07, 6.45) is 4.57. The minimum Gasteiger partial charge on any atom is -0.497 e. The molecule has 2 aliphatic heterocycles. The molecular formula is C45H51FN10O7. The van der Waals surface area contributed by atoms with Crippen molar-refractivity contribution in [3.63, 3.8) is 0 Å². The number of carbonyl (C=O) groups is 4. The summed E-state index contributed by atoms with van der Waals surface area (Å²) in [7, 11) is 7.84. The average Bonchev–Trinajstić information content (AvgIpc) is 4.12. The molecule has 2 aromatic heterocycles. The smallest absolute Gasteiger partial charge is 0.255 e. The first-order valence-electron chi connectivity index (χ1n) is 19.9. The van der Waals surface area contributed by atoms with Gasteiger partial charge in [0, 0.05) is 51.9 Å². The Morgan fingerprint density at radius 3 is 1.63 bits per heavy atom. The standard InChI is InChI=1S/C23H26FN5O3.C22H25N5O4/c1-5-14-11-15(21(24)18(12-14)32-4)7-8-17-20(22(25)31)23(26-3)29(27-17)16-9-10-28(13-16)19(30)6-2;1-5-19(28)26-9-8-15(13-26)27-22(24-2)20(21(23)29)18(25-27)7-6-14-10-16(30-3)12-17(11-14)31-4/h6,11-12,16,26H,2,5,9-10,13H2,1,3-4H3,(H2,25,31);5,10-12,15,24H,1,8-9,13H2,2-4H3,(H2,23,29)/t16-;15-/m00/s1. The van der Waals surface area contributed by atoms with Gasteiger partial charge in [0.1, 0.15) is 34.3 Å². The van der Waals surface area contributed by atoms with E-state index in [-0.39, 0.29) is 57.7 Å². The molecule has 0 unspecified atom stereocenters. The second-order valence-electron chi connectivity index (χ2n) is 14.2. The number of ether oxygens (including phenoxy) is 3. The lowest BCUT2D eigenvalue weighted by Gasteiger charge is -2.16. The van der Waals surface area contributed by atoms with E-state index in [1.165, 1.54) is 19.3 Å². The summed E-state index contributed by atoms with van der Waals surface area (Å²) in [5.74, 6) is 11.5. The van der Waals surface area contributed by atoms with Gasteiger partial charge in [0.25, 0.3) is 11.8 Å². The molecule has 0 bridgehead atoms. The maximum Gasteiger partial charge on any atom is 0.255 e. The predicted octanol–water partition coefficient (Wildman–Crippen LogP) is 3.49. The highest BCUT2D eigenvalue weighted by Gasteiger charge is 2.33. The van der Waals surface area contributed by atoms with Crippen LogP contribution in [0.5, 0.6) is 17.2 Å². The number of benzene rings is 2. The number of nitrogens with one attached hydrogen (secondary N) is 2. The highest BCUT2D eigenvalue weighted by molar-refractivity contribution is 6.00. The molecule has 2 saturated heterocycles. The van der Waals surface area contributed by atoms with E-state index < -0.39 is 17.6 Å². The van der Waals surface area contributed by atoms with Gasteiger partial charge >= 0.3 is 0 Å². The molecule has 0 spiro atoms. The third kappa shape index (κ3) is 10.3. The second-order valence-corrected chi connectivity index (χ2v) is 14.2. The quantitative estimate of drug-likeness (QED) is 0.120. The number of halogens is 1. The first-order chi connectivity index (χ1) is 30.2. The van der Waals surface area contributed by atoms with Crippen LogP contribution in [0.3, 0.4) is 0 Å². The fourth-order valence-corrected chi connectivity index (χ4v) is 7.30. The summed E-state index contributed by atoms with van der Waals surface area (Å²) in [6.45, 7) is 11.0. The van der Waals surface area contributed by atoms with E-state index in [2.05, 4.69) is 57.7 Å². The molecule has 6 rings (SSSR count). The Morgan fingerprint density at radius 1 is 0.762 bits per heavy atom. The van der Waals surface area contributed by atoms with Gasteiger partial charge in [-0.15, -0.1) is 0 Å². The maximum absolute atomic E-state index is 14.7. The Morgan fingerprint density at radius 2 is 1.24 bits per heavy atom. The number of aryl methyl sites for hydroxylation is 1. The number of methoxy groups -OCH3 is 3. The van der Waals surface area contributed by atoms with Crippen molar-refractivity contribution in [1.29, 1.82) is 0 Å². The predicted molar refractivity (Wildman–Crippen MR) is 235 cm³/mol. The molecule has 4 aromatic rings. The molecule has 17 nitrogen and oxygen atoms in total. The Labute approximate surface area is 365 Å². The van der Waals surface area contributed by atoms with Crippen LogP contribution in [0.4, 0.5) is 16.0 Å². The van der Waals surface area contributed by atoms with Crippen LogP contribution >= 0.6 is 0 Å². The number of anilines is 2. The largest absolute Gasteiger partial charge is 0.497 e. The third-order valence-electron chi connectivity index (χ3n) is 10.5. The zero-order valence-corrected chi connectivity index (χ0v) is 36.1. The zero-order valence-electron chi connectivity index (χ0n) is 36.1. The number of hydrogen-bond acceptors (Lipinski definition) is 11. The van der Waals surface area contributed by atoms with Gasteiger partial charge < -0.3 is 46.1 Å². The third-order valence-corrected chi connectivity index (χ3v) is 10.5. The summed E-state index contributed by atoms with van der Waals surface area (Å²) >= 11 is 0. The van der Waals surface area contributed by atoms with E-state index in [1.807, 2.05) is 6.92 Å². The molecule has 4 heterocycles. The number of likely N-dealkylation sites (tertiary alicyclic amines) is 2. The molecule has 2 aliphatic rings. The molecule has 4 amide bonds. The van der Waals surface area contributed by atoms with Crippen LogP contribution in [0.25, 0.3) is 0 Å². The van der Waals surface area contributed by atoms with Crippen molar-refractivity contribution in [3.8, 4) is 40.9 Å². The Kier molecular flexibility index (Phi) is 15.2. The lowest BCUT2D eigenvalue weighted by atomic mass is 10.1. The van der Waals surface area contributed by atoms with E-state index in [1.54, 1.807) is 77.8 Å². The second kappa shape index (κ2) is 20.7. The van der Waals surface area contributed by atoms with Crippen LogP contribution in [0.2, 0.25) is 0 Å². The first kappa shape index (κ1) is 46.3. The number of nitrogens with two attached hydrogens (primary N) is 2. The number of nitrogens with zero attached hydrogens (tertiary/aromatic N) is 6. The molecule has 0 aliphatic carbocycles.